The largest absolute Gasteiger partial charge is 0.481 e. The van der Waals surface area contributed by atoms with Gasteiger partial charge in [-0.05, 0) is 0 Å². The summed E-state index contributed by atoms with van der Waals surface area (Å²) in [5.74, 6) is 0.295. The van der Waals surface area contributed by atoms with Gasteiger partial charge in [-0.3, -0.25) is 4.79 Å². The zero-order valence-corrected chi connectivity index (χ0v) is 10.0. The molecule has 90 valence electrons. The van der Waals surface area contributed by atoms with Gasteiger partial charge < -0.3 is 5.11 Å². The lowest BCUT2D eigenvalue weighted by Gasteiger charge is -2.11. The van der Waals surface area contributed by atoms with Crippen LogP contribution in [0.25, 0.3) is 5.78 Å². The number of carboxylic acids is 1. The van der Waals surface area contributed by atoms with Crippen molar-refractivity contribution in [2.24, 2.45) is 0 Å². The molecule has 6 nitrogen and oxygen atoms in total. The number of fused-ring (bicyclic) bond motifs is 1. The van der Waals surface area contributed by atoms with Crippen LogP contribution in [0.5, 0.6) is 0 Å². The first kappa shape index (κ1) is 11.5. The first-order valence-electron chi connectivity index (χ1n) is 5.30. The van der Waals surface area contributed by atoms with E-state index in [0.717, 1.165) is 0 Å². The molecule has 17 heavy (non-hydrogen) atoms. The van der Waals surface area contributed by atoms with Gasteiger partial charge in [-0.25, -0.2) is 9.50 Å². The van der Waals surface area contributed by atoms with E-state index in [4.69, 9.17) is 5.11 Å². The van der Waals surface area contributed by atoms with Crippen LogP contribution in [-0.2, 0) is 16.6 Å². The van der Waals surface area contributed by atoms with Crippen LogP contribution in [0.2, 0.25) is 0 Å². The van der Waals surface area contributed by atoms with Crippen LogP contribution in [0.15, 0.2) is 12.4 Å². The quantitative estimate of drug-likeness (QED) is 0.840. The fraction of sp³-hybridized carbons (Fsp3) is 0.455. The van der Waals surface area contributed by atoms with E-state index >= 15 is 0 Å². The predicted octanol–water partition coefficient (Wildman–Crippen LogP) is 1.05. The van der Waals surface area contributed by atoms with Crippen molar-refractivity contribution in [1.29, 1.82) is 0 Å². The monoisotopic (exact) mass is 234 g/mol. The molecule has 0 aliphatic rings. The summed E-state index contributed by atoms with van der Waals surface area (Å²) in [6, 6.07) is 0. The molecule has 0 saturated heterocycles. The van der Waals surface area contributed by atoms with Crippen LogP contribution in [0.4, 0.5) is 0 Å². The highest BCUT2D eigenvalue weighted by Crippen LogP contribution is 2.18. The van der Waals surface area contributed by atoms with Crippen LogP contribution < -0.4 is 0 Å². The summed E-state index contributed by atoms with van der Waals surface area (Å²) in [6.45, 7) is 6.04. The Morgan fingerprint density at radius 2 is 2.18 bits per heavy atom. The van der Waals surface area contributed by atoms with E-state index in [2.05, 4.69) is 15.1 Å². The molecule has 2 aromatic heterocycles. The van der Waals surface area contributed by atoms with Gasteiger partial charge in [0.25, 0.3) is 5.78 Å². The van der Waals surface area contributed by atoms with E-state index in [9.17, 15) is 4.79 Å². The van der Waals surface area contributed by atoms with Crippen molar-refractivity contribution in [3.8, 4) is 0 Å². The highest BCUT2D eigenvalue weighted by Gasteiger charge is 2.20. The molecule has 0 spiro atoms. The third-order valence-electron chi connectivity index (χ3n) is 2.27. The van der Waals surface area contributed by atoms with Gasteiger partial charge in [-0.15, -0.1) is 5.10 Å². The zero-order valence-electron chi connectivity index (χ0n) is 10.0. The Morgan fingerprint density at radius 1 is 1.47 bits per heavy atom. The highest BCUT2D eigenvalue weighted by atomic mass is 16.4. The SMILES string of the molecule is CC(C)(C)c1nc2ncc(CC(=O)O)cn2n1. The Labute approximate surface area is 98.3 Å². The topological polar surface area (TPSA) is 80.4 Å². The summed E-state index contributed by atoms with van der Waals surface area (Å²) in [5.41, 5.74) is 0.455. The maximum atomic E-state index is 10.6. The molecule has 0 unspecified atom stereocenters. The minimum Gasteiger partial charge on any atom is -0.481 e. The lowest BCUT2D eigenvalue weighted by molar-refractivity contribution is -0.136. The van der Waals surface area contributed by atoms with Gasteiger partial charge in [0.15, 0.2) is 5.82 Å². The van der Waals surface area contributed by atoms with Crippen molar-refractivity contribution in [2.75, 3.05) is 0 Å². The number of carboxylic acid groups (broad SMARTS) is 1. The van der Waals surface area contributed by atoms with Crippen molar-refractivity contribution in [2.45, 2.75) is 32.6 Å². The van der Waals surface area contributed by atoms with Gasteiger partial charge >= 0.3 is 5.97 Å². The summed E-state index contributed by atoms with van der Waals surface area (Å²) in [4.78, 5) is 19.0. The number of aliphatic carboxylic acids is 1. The average Bonchev–Trinajstić information content (AvgIpc) is 2.58. The molecule has 2 heterocycles. The van der Waals surface area contributed by atoms with E-state index in [-0.39, 0.29) is 11.8 Å². The summed E-state index contributed by atoms with van der Waals surface area (Å²) in [6.07, 6.45) is 3.11. The van der Waals surface area contributed by atoms with E-state index in [1.165, 1.54) is 10.7 Å². The summed E-state index contributed by atoms with van der Waals surface area (Å²) < 4.78 is 1.53. The first-order chi connectivity index (χ1) is 7.86. The molecule has 0 bridgehead atoms. The fourth-order valence-electron chi connectivity index (χ4n) is 1.40. The maximum Gasteiger partial charge on any atom is 0.307 e. The normalized spacial score (nSPS) is 11.9. The minimum atomic E-state index is -0.887. The Balaban J connectivity index is 2.44. The summed E-state index contributed by atoms with van der Waals surface area (Å²) in [7, 11) is 0. The van der Waals surface area contributed by atoms with E-state index in [1.54, 1.807) is 6.20 Å². The molecule has 0 aliphatic heterocycles. The van der Waals surface area contributed by atoms with Gasteiger partial charge in [0, 0.05) is 23.4 Å². The van der Waals surface area contributed by atoms with Crippen LogP contribution >= 0.6 is 0 Å². The molecule has 6 heteroatoms. The number of rotatable bonds is 2. The Hall–Kier alpha value is -1.98. The van der Waals surface area contributed by atoms with Gasteiger partial charge in [-0.2, -0.15) is 4.98 Å². The number of hydrogen-bond acceptors (Lipinski definition) is 4. The molecule has 0 fully saturated rings. The van der Waals surface area contributed by atoms with Crippen molar-refractivity contribution < 1.29 is 9.90 Å². The second-order valence-corrected chi connectivity index (χ2v) is 4.96. The Morgan fingerprint density at radius 3 is 2.76 bits per heavy atom. The smallest absolute Gasteiger partial charge is 0.307 e. The van der Waals surface area contributed by atoms with Gasteiger partial charge in [-0.1, -0.05) is 20.8 Å². The summed E-state index contributed by atoms with van der Waals surface area (Å²) >= 11 is 0. The second kappa shape index (κ2) is 3.80. The standard InChI is InChI=1S/C11H14N4O2/c1-11(2,3)9-13-10-12-5-7(4-8(16)17)6-15(10)14-9/h5-6H,4H2,1-3H3,(H,16,17). The van der Waals surface area contributed by atoms with E-state index in [1.807, 2.05) is 20.8 Å². The number of nitrogens with zero attached hydrogens (tertiary/aromatic N) is 4. The molecule has 1 N–H and O–H groups in total. The second-order valence-electron chi connectivity index (χ2n) is 4.96. The fourth-order valence-corrected chi connectivity index (χ4v) is 1.40. The average molecular weight is 234 g/mol. The van der Waals surface area contributed by atoms with Crippen LogP contribution in [0, 0.1) is 0 Å². The van der Waals surface area contributed by atoms with Crippen LogP contribution in [0.1, 0.15) is 32.2 Å². The molecule has 0 aliphatic carbocycles. The third-order valence-corrected chi connectivity index (χ3v) is 2.27. The lowest BCUT2D eigenvalue weighted by atomic mass is 9.96. The Kier molecular flexibility index (Phi) is 2.57. The molecule has 0 radical (unpaired) electrons. The zero-order chi connectivity index (χ0) is 12.6. The third kappa shape index (κ3) is 2.41. The number of hydrogen-bond donors (Lipinski definition) is 1. The van der Waals surface area contributed by atoms with E-state index < -0.39 is 5.97 Å². The van der Waals surface area contributed by atoms with Crippen LogP contribution in [-0.4, -0.2) is 30.7 Å². The molecule has 0 saturated carbocycles. The molecular formula is C11H14N4O2. The van der Waals surface area contributed by atoms with Gasteiger partial charge in [0.05, 0.1) is 6.42 Å². The molecule has 2 rings (SSSR count). The van der Waals surface area contributed by atoms with Gasteiger partial charge in [0.1, 0.15) is 0 Å². The first-order valence-corrected chi connectivity index (χ1v) is 5.30. The number of aromatic nitrogens is 4. The molecule has 0 amide bonds. The molecular weight excluding hydrogens is 220 g/mol. The highest BCUT2D eigenvalue weighted by molar-refractivity contribution is 5.69. The maximum absolute atomic E-state index is 10.6. The van der Waals surface area contributed by atoms with Gasteiger partial charge in [0.2, 0.25) is 0 Å². The molecule has 0 aromatic carbocycles. The predicted molar refractivity (Wildman–Crippen MR) is 60.8 cm³/mol. The number of carbonyl (C=O) groups is 1. The van der Waals surface area contributed by atoms with Crippen LogP contribution in [0.3, 0.4) is 0 Å². The van der Waals surface area contributed by atoms with Crippen molar-refractivity contribution in [3.63, 3.8) is 0 Å². The molecule has 0 atom stereocenters. The van der Waals surface area contributed by atoms with Crippen molar-refractivity contribution >= 4 is 11.7 Å². The van der Waals surface area contributed by atoms with Crippen molar-refractivity contribution in [3.05, 3.63) is 23.8 Å². The molecule has 2 aromatic rings. The minimum absolute atomic E-state index is 0.0619. The van der Waals surface area contributed by atoms with Crippen molar-refractivity contribution in [1.82, 2.24) is 19.6 Å². The lowest BCUT2D eigenvalue weighted by Crippen LogP contribution is -2.13. The Bertz CT molecular complexity index is 568. The summed E-state index contributed by atoms with van der Waals surface area (Å²) in [5, 5.41) is 13.0. The van der Waals surface area contributed by atoms with E-state index in [0.29, 0.717) is 17.2 Å².